The van der Waals surface area contributed by atoms with Crippen LogP contribution in [0, 0.1) is 0 Å². The molecular formula is C18H16F3N5OS. The lowest BCUT2D eigenvalue weighted by molar-refractivity contribution is -0.141. The number of carbonyl (C=O) groups is 1. The number of carbonyl (C=O) groups excluding carboxylic acids is 1. The van der Waals surface area contributed by atoms with Crippen molar-refractivity contribution in [2.24, 2.45) is 0 Å². The van der Waals surface area contributed by atoms with E-state index in [1.165, 1.54) is 17.4 Å². The molecule has 28 heavy (non-hydrogen) atoms. The van der Waals surface area contributed by atoms with Crippen LogP contribution in [-0.2, 0) is 12.7 Å². The number of pyridine rings is 1. The van der Waals surface area contributed by atoms with Crippen molar-refractivity contribution in [1.82, 2.24) is 19.9 Å². The van der Waals surface area contributed by atoms with Crippen molar-refractivity contribution in [3.63, 3.8) is 0 Å². The molecule has 0 atom stereocenters. The molecule has 146 valence electrons. The maximum atomic E-state index is 12.8. The summed E-state index contributed by atoms with van der Waals surface area (Å²) in [6, 6.07) is 4.10. The van der Waals surface area contributed by atoms with Crippen molar-refractivity contribution >= 4 is 33.4 Å². The zero-order chi connectivity index (χ0) is 19.7. The molecule has 0 aliphatic carbocycles. The number of alkyl halides is 3. The van der Waals surface area contributed by atoms with Crippen molar-refractivity contribution in [2.75, 3.05) is 18.4 Å². The Balaban J connectivity index is 1.55. The topological polar surface area (TPSA) is 71.0 Å². The average molecular weight is 407 g/mol. The van der Waals surface area contributed by atoms with Crippen LogP contribution in [0.3, 0.4) is 0 Å². The number of halogens is 3. The van der Waals surface area contributed by atoms with Crippen LogP contribution in [0.4, 0.5) is 19.1 Å². The van der Waals surface area contributed by atoms with Gasteiger partial charge in [0.05, 0.1) is 10.2 Å². The standard InChI is InChI=1S/C18H16F3N5OS/c19-18(20,21)13-4-3-11(9-22-13)10-23-17-24-12-5-8-28-15(12)14(25-17)16(27)26-6-1-2-7-26/h3-5,8-9H,1-2,6-7,10H2,(H,23,24,25). The van der Waals surface area contributed by atoms with Gasteiger partial charge in [-0.2, -0.15) is 13.2 Å². The van der Waals surface area contributed by atoms with Crippen LogP contribution in [0.1, 0.15) is 34.6 Å². The molecule has 1 aliphatic heterocycles. The summed E-state index contributed by atoms with van der Waals surface area (Å²) in [7, 11) is 0. The molecular weight excluding hydrogens is 391 g/mol. The van der Waals surface area contributed by atoms with Gasteiger partial charge in [0.2, 0.25) is 5.95 Å². The van der Waals surface area contributed by atoms with Crippen LogP contribution < -0.4 is 5.32 Å². The molecule has 3 aromatic heterocycles. The predicted octanol–water partition coefficient (Wildman–Crippen LogP) is 3.95. The molecule has 1 fully saturated rings. The van der Waals surface area contributed by atoms with Crippen molar-refractivity contribution in [1.29, 1.82) is 0 Å². The normalized spacial score (nSPS) is 14.6. The number of anilines is 1. The summed E-state index contributed by atoms with van der Waals surface area (Å²) in [5.74, 6) is 0.139. The Bertz CT molecular complexity index is 997. The second-order valence-corrected chi connectivity index (χ2v) is 7.35. The number of thiophene rings is 1. The van der Waals surface area contributed by atoms with Crippen LogP contribution in [-0.4, -0.2) is 38.8 Å². The van der Waals surface area contributed by atoms with E-state index in [9.17, 15) is 18.0 Å². The highest BCUT2D eigenvalue weighted by Gasteiger charge is 2.32. The number of likely N-dealkylation sites (tertiary alicyclic amines) is 1. The summed E-state index contributed by atoms with van der Waals surface area (Å²) in [5.41, 5.74) is 0.630. The van der Waals surface area contributed by atoms with Gasteiger partial charge in [-0.15, -0.1) is 11.3 Å². The van der Waals surface area contributed by atoms with Gasteiger partial charge < -0.3 is 10.2 Å². The van der Waals surface area contributed by atoms with Crippen LogP contribution in [0.5, 0.6) is 0 Å². The molecule has 3 aromatic rings. The van der Waals surface area contributed by atoms with Crippen LogP contribution in [0.25, 0.3) is 10.2 Å². The summed E-state index contributed by atoms with van der Waals surface area (Å²) in [5, 5.41) is 4.83. The fourth-order valence-corrected chi connectivity index (χ4v) is 3.85. The van der Waals surface area contributed by atoms with E-state index in [0.29, 0.717) is 16.8 Å². The summed E-state index contributed by atoms with van der Waals surface area (Å²) in [6.45, 7) is 1.63. The lowest BCUT2D eigenvalue weighted by Gasteiger charge is -2.15. The van der Waals surface area contributed by atoms with Crippen LogP contribution in [0.15, 0.2) is 29.8 Å². The second kappa shape index (κ2) is 7.34. The monoisotopic (exact) mass is 407 g/mol. The molecule has 0 spiro atoms. The molecule has 10 heteroatoms. The minimum atomic E-state index is -4.47. The zero-order valence-electron chi connectivity index (χ0n) is 14.7. The first kappa shape index (κ1) is 18.6. The number of hydrogen-bond acceptors (Lipinski definition) is 6. The molecule has 0 unspecified atom stereocenters. The number of rotatable bonds is 4. The first-order valence-corrected chi connectivity index (χ1v) is 9.60. The summed E-state index contributed by atoms with van der Waals surface area (Å²) in [4.78, 5) is 26.8. The van der Waals surface area contributed by atoms with E-state index in [0.717, 1.165) is 42.9 Å². The van der Waals surface area contributed by atoms with Crippen molar-refractivity contribution in [2.45, 2.75) is 25.6 Å². The molecule has 0 radical (unpaired) electrons. The fraction of sp³-hybridized carbons (Fsp3) is 0.333. The molecule has 0 bridgehead atoms. The van der Waals surface area contributed by atoms with E-state index in [1.54, 1.807) is 4.90 Å². The van der Waals surface area contributed by atoms with E-state index in [2.05, 4.69) is 20.3 Å². The number of amides is 1. The van der Waals surface area contributed by atoms with Gasteiger partial charge in [0.1, 0.15) is 5.69 Å². The van der Waals surface area contributed by atoms with E-state index in [-0.39, 0.29) is 18.4 Å². The van der Waals surface area contributed by atoms with Crippen molar-refractivity contribution in [3.8, 4) is 0 Å². The molecule has 1 N–H and O–H groups in total. The van der Waals surface area contributed by atoms with Crippen molar-refractivity contribution < 1.29 is 18.0 Å². The van der Waals surface area contributed by atoms with E-state index < -0.39 is 11.9 Å². The Labute approximate surface area is 162 Å². The van der Waals surface area contributed by atoms with Gasteiger partial charge in [0.25, 0.3) is 5.91 Å². The first-order chi connectivity index (χ1) is 13.4. The number of fused-ring (bicyclic) bond motifs is 1. The highest BCUT2D eigenvalue weighted by Crippen LogP contribution is 2.28. The van der Waals surface area contributed by atoms with Gasteiger partial charge >= 0.3 is 6.18 Å². The summed E-state index contributed by atoms with van der Waals surface area (Å²) in [6.07, 6.45) is -1.34. The molecule has 1 aliphatic rings. The van der Waals surface area contributed by atoms with E-state index in [1.807, 2.05) is 11.4 Å². The third kappa shape index (κ3) is 3.77. The molecule has 6 nitrogen and oxygen atoms in total. The Kier molecular flexibility index (Phi) is 4.88. The zero-order valence-corrected chi connectivity index (χ0v) is 15.5. The van der Waals surface area contributed by atoms with Gasteiger partial charge in [0, 0.05) is 25.8 Å². The first-order valence-electron chi connectivity index (χ1n) is 8.72. The molecule has 4 rings (SSSR count). The Morgan fingerprint density at radius 3 is 2.64 bits per heavy atom. The second-order valence-electron chi connectivity index (χ2n) is 6.43. The van der Waals surface area contributed by atoms with Gasteiger partial charge in [-0.25, -0.2) is 9.97 Å². The molecule has 0 aromatic carbocycles. The third-order valence-corrected chi connectivity index (χ3v) is 5.38. The van der Waals surface area contributed by atoms with Crippen LogP contribution >= 0.6 is 11.3 Å². The number of aromatic nitrogens is 3. The van der Waals surface area contributed by atoms with E-state index in [4.69, 9.17) is 0 Å². The van der Waals surface area contributed by atoms with Gasteiger partial charge in [0.15, 0.2) is 5.69 Å². The average Bonchev–Trinajstić information content (AvgIpc) is 3.36. The van der Waals surface area contributed by atoms with Crippen molar-refractivity contribution in [3.05, 3.63) is 46.7 Å². The summed E-state index contributed by atoms with van der Waals surface area (Å²) >= 11 is 1.41. The summed E-state index contributed by atoms with van der Waals surface area (Å²) < 4.78 is 38.5. The lowest BCUT2D eigenvalue weighted by atomic mass is 10.2. The third-order valence-electron chi connectivity index (χ3n) is 4.47. The smallest absolute Gasteiger partial charge is 0.350 e. The fourth-order valence-electron chi connectivity index (χ4n) is 3.04. The SMILES string of the molecule is O=C(c1nc(NCc2ccc(C(F)(F)F)nc2)nc2ccsc12)N1CCCC1. The quantitative estimate of drug-likeness (QED) is 0.709. The Morgan fingerprint density at radius 2 is 1.96 bits per heavy atom. The van der Waals surface area contributed by atoms with Gasteiger partial charge in [-0.3, -0.25) is 9.78 Å². The number of hydrogen-bond donors (Lipinski definition) is 1. The molecule has 4 heterocycles. The highest BCUT2D eigenvalue weighted by molar-refractivity contribution is 7.17. The van der Waals surface area contributed by atoms with E-state index >= 15 is 0 Å². The largest absolute Gasteiger partial charge is 0.433 e. The van der Waals surface area contributed by atoms with Gasteiger partial charge in [-0.1, -0.05) is 6.07 Å². The minimum absolute atomic E-state index is 0.119. The maximum absolute atomic E-state index is 12.8. The van der Waals surface area contributed by atoms with Crippen LogP contribution in [0.2, 0.25) is 0 Å². The molecule has 1 saturated heterocycles. The minimum Gasteiger partial charge on any atom is -0.350 e. The maximum Gasteiger partial charge on any atom is 0.433 e. The molecule has 1 amide bonds. The Hall–Kier alpha value is -2.75. The van der Waals surface area contributed by atoms with Gasteiger partial charge in [-0.05, 0) is 35.9 Å². The highest BCUT2D eigenvalue weighted by atomic mass is 32.1. The number of nitrogens with zero attached hydrogens (tertiary/aromatic N) is 4. The molecule has 0 saturated carbocycles. The predicted molar refractivity (Wildman–Crippen MR) is 99.1 cm³/mol. The lowest BCUT2D eigenvalue weighted by Crippen LogP contribution is -2.28. The Morgan fingerprint density at radius 1 is 1.18 bits per heavy atom. The number of nitrogens with one attached hydrogen (secondary N) is 1.